The van der Waals surface area contributed by atoms with Gasteiger partial charge in [0.25, 0.3) is 11.8 Å². The van der Waals surface area contributed by atoms with E-state index in [0.717, 1.165) is 5.56 Å². The Labute approximate surface area is 201 Å². The Bertz CT molecular complexity index is 999. The molecule has 192 valence electrons. The molecule has 8 nitrogen and oxygen atoms in total. The average Bonchev–Trinajstić information content (AvgIpc) is 2.73. The second-order valence-electron chi connectivity index (χ2n) is 9.74. The van der Waals surface area contributed by atoms with E-state index in [1.165, 1.54) is 4.90 Å². The molecule has 0 spiro atoms. The number of halogens is 3. The molecule has 2 N–H and O–H groups in total. The van der Waals surface area contributed by atoms with Crippen LogP contribution in [0.4, 0.5) is 18.0 Å². The number of hydrogen-bond donors (Lipinski definition) is 2. The van der Waals surface area contributed by atoms with Gasteiger partial charge in [0.1, 0.15) is 18.0 Å². The Morgan fingerprint density at radius 3 is 2.60 bits per heavy atom. The first kappa shape index (κ1) is 26.4. The number of benzene rings is 1. The molecule has 35 heavy (non-hydrogen) atoms. The van der Waals surface area contributed by atoms with E-state index in [9.17, 15) is 27.6 Å². The van der Waals surface area contributed by atoms with Gasteiger partial charge in [0.2, 0.25) is 5.91 Å². The lowest BCUT2D eigenvalue weighted by atomic mass is 9.88. The summed E-state index contributed by atoms with van der Waals surface area (Å²) in [5, 5.41) is 4.99. The molecule has 0 aromatic heterocycles. The van der Waals surface area contributed by atoms with Gasteiger partial charge in [-0.15, -0.1) is 0 Å². The van der Waals surface area contributed by atoms with Crippen molar-refractivity contribution in [1.82, 2.24) is 15.5 Å². The number of carbonyl (C=O) groups is 3. The third-order valence-electron chi connectivity index (χ3n) is 5.47. The van der Waals surface area contributed by atoms with Crippen LogP contribution < -0.4 is 15.4 Å². The Balaban J connectivity index is 1.49. The Morgan fingerprint density at radius 1 is 1.26 bits per heavy atom. The van der Waals surface area contributed by atoms with E-state index in [1.54, 1.807) is 39.0 Å². The lowest BCUT2D eigenvalue weighted by Gasteiger charge is -2.36. The fraction of sp³-hybridized carbons (Fsp3) is 0.542. The van der Waals surface area contributed by atoms with Crippen molar-refractivity contribution in [1.29, 1.82) is 0 Å². The molecular formula is C24H30F3N3O5. The maximum absolute atomic E-state index is 13.2. The number of ether oxygens (including phenoxy) is 2. The molecule has 1 aromatic carbocycles. The summed E-state index contributed by atoms with van der Waals surface area (Å²) >= 11 is 0. The summed E-state index contributed by atoms with van der Waals surface area (Å²) < 4.78 is 49.8. The van der Waals surface area contributed by atoms with Crippen LogP contribution in [-0.2, 0) is 16.0 Å². The van der Waals surface area contributed by atoms with Crippen molar-refractivity contribution in [3.63, 3.8) is 0 Å². The van der Waals surface area contributed by atoms with Crippen LogP contribution in [0.25, 0.3) is 0 Å². The predicted molar refractivity (Wildman–Crippen MR) is 121 cm³/mol. The fourth-order valence-electron chi connectivity index (χ4n) is 3.76. The minimum absolute atomic E-state index is 0.0929. The van der Waals surface area contributed by atoms with Crippen molar-refractivity contribution >= 4 is 17.9 Å². The lowest BCUT2D eigenvalue weighted by molar-refractivity contribution is -0.129. The summed E-state index contributed by atoms with van der Waals surface area (Å²) in [6.07, 6.45) is -0.608. The van der Waals surface area contributed by atoms with Crippen LogP contribution in [0.1, 0.15) is 49.5 Å². The van der Waals surface area contributed by atoms with Gasteiger partial charge in [-0.05, 0) is 51.0 Å². The zero-order chi connectivity index (χ0) is 25.8. The zero-order valence-corrected chi connectivity index (χ0v) is 20.0. The average molecular weight is 498 g/mol. The lowest BCUT2D eigenvalue weighted by Crippen LogP contribution is -2.53. The topological polar surface area (TPSA) is 97.0 Å². The largest absolute Gasteiger partial charge is 0.489 e. The highest BCUT2D eigenvalue weighted by atomic mass is 19.3. The molecule has 11 heteroatoms. The summed E-state index contributed by atoms with van der Waals surface area (Å²) in [7, 11) is 0. The van der Waals surface area contributed by atoms with Gasteiger partial charge in [-0.1, -0.05) is 0 Å². The van der Waals surface area contributed by atoms with Crippen LogP contribution in [0.15, 0.2) is 30.1 Å². The summed E-state index contributed by atoms with van der Waals surface area (Å²) in [6, 6.07) is 4.25. The Hall–Kier alpha value is -3.24. The van der Waals surface area contributed by atoms with Crippen molar-refractivity contribution in [3.05, 3.63) is 41.2 Å². The molecular weight excluding hydrogens is 467 g/mol. The smallest absolute Gasteiger partial charge is 0.407 e. The number of nitrogens with zero attached hydrogens (tertiary/aromatic N) is 1. The zero-order valence-electron chi connectivity index (χ0n) is 20.0. The number of rotatable bonds is 8. The second-order valence-corrected chi connectivity index (χ2v) is 9.74. The highest BCUT2D eigenvalue weighted by molar-refractivity contribution is 5.99. The highest BCUT2D eigenvalue weighted by Gasteiger charge is 2.46. The molecule has 0 radical (unpaired) electrons. The second kappa shape index (κ2) is 10.6. The van der Waals surface area contributed by atoms with Crippen molar-refractivity contribution in [3.8, 4) is 5.75 Å². The van der Waals surface area contributed by atoms with Gasteiger partial charge in [-0.2, -0.15) is 0 Å². The van der Waals surface area contributed by atoms with E-state index < -0.39 is 29.6 Å². The normalized spacial score (nSPS) is 17.8. The molecule has 1 aliphatic heterocycles. The molecule has 1 aromatic rings. The Kier molecular flexibility index (Phi) is 7.97. The summed E-state index contributed by atoms with van der Waals surface area (Å²) in [6.45, 7) is 5.03. The van der Waals surface area contributed by atoms with Gasteiger partial charge in [0.05, 0.1) is 12.9 Å². The maximum atomic E-state index is 13.2. The van der Waals surface area contributed by atoms with Crippen molar-refractivity contribution in [2.75, 3.05) is 26.2 Å². The number of alkyl carbamates (subject to hydrolysis) is 1. The van der Waals surface area contributed by atoms with E-state index in [0.29, 0.717) is 30.6 Å². The van der Waals surface area contributed by atoms with E-state index in [1.807, 2.05) is 0 Å². The molecule has 0 atom stereocenters. The maximum Gasteiger partial charge on any atom is 0.407 e. The summed E-state index contributed by atoms with van der Waals surface area (Å²) in [4.78, 5) is 38.0. The molecule has 0 saturated heterocycles. The van der Waals surface area contributed by atoms with Crippen molar-refractivity contribution in [2.24, 2.45) is 0 Å². The van der Waals surface area contributed by atoms with Gasteiger partial charge >= 0.3 is 6.09 Å². The number of alkyl halides is 2. The first-order chi connectivity index (χ1) is 16.3. The first-order valence-electron chi connectivity index (χ1n) is 11.3. The Morgan fingerprint density at radius 2 is 1.97 bits per heavy atom. The van der Waals surface area contributed by atoms with Crippen molar-refractivity contribution in [2.45, 2.75) is 57.6 Å². The number of hydrogen-bond acceptors (Lipinski definition) is 5. The number of fused-ring (bicyclic) bond motifs is 1. The van der Waals surface area contributed by atoms with Crippen molar-refractivity contribution < 1.29 is 37.0 Å². The minimum atomic E-state index is -2.73. The van der Waals surface area contributed by atoms with Crippen LogP contribution in [0, 0.1) is 0 Å². The molecule has 0 unspecified atom stereocenters. The van der Waals surface area contributed by atoms with Gasteiger partial charge in [0, 0.05) is 43.1 Å². The molecule has 3 amide bonds. The molecule has 2 aliphatic rings. The van der Waals surface area contributed by atoms with E-state index >= 15 is 0 Å². The van der Waals surface area contributed by atoms with Crippen LogP contribution in [0.3, 0.4) is 0 Å². The predicted octanol–water partition coefficient (Wildman–Crippen LogP) is 3.36. The molecule has 1 aliphatic carbocycles. The van der Waals surface area contributed by atoms with Gasteiger partial charge in [-0.3, -0.25) is 9.59 Å². The quantitative estimate of drug-likeness (QED) is 0.574. The van der Waals surface area contributed by atoms with Crippen LogP contribution >= 0.6 is 0 Å². The molecule has 1 saturated carbocycles. The van der Waals surface area contributed by atoms with Gasteiger partial charge in [0.15, 0.2) is 0 Å². The monoisotopic (exact) mass is 497 g/mol. The van der Waals surface area contributed by atoms with E-state index in [4.69, 9.17) is 9.47 Å². The number of carbonyl (C=O) groups excluding carboxylic acids is 3. The first-order valence-corrected chi connectivity index (χ1v) is 11.3. The SMILES string of the molecule is CC(C)(C)OC(=O)NC/C(=C\F)COc1ccc2c(c1)CCN(CC(=O)NC1CC(F)(F)C1)C2=O. The minimum Gasteiger partial charge on any atom is -0.489 e. The highest BCUT2D eigenvalue weighted by Crippen LogP contribution is 2.37. The van der Waals surface area contributed by atoms with Gasteiger partial charge in [-0.25, -0.2) is 18.0 Å². The third kappa shape index (κ3) is 7.63. The number of nitrogens with one attached hydrogen (secondary N) is 2. The summed E-state index contributed by atoms with van der Waals surface area (Å²) in [5.74, 6) is -3.11. The third-order valence-corrected chi connectivity index (χ3v) is 5.47. The molecule has 3 rings (SSSR count). The fourth-order valence-corrected chi connectivity index (χ4v) is 3.76. The van der Waals surface area contributed by atoms with Crippen LogP contribution in [0.5, 0.6) is 5.75 Å². The molecule has 1 fully saturated rings. The number of amides is 3. The van der Waals surface area contributed by atoms with Crippen LogP contribution in [-0.4, -0.2) is 66.6 Å². The molecule has 0 bridgehead atoms. The van der Waals surface area contributed by atoms with E-state index in [-0.39, 0.29) is 44.0 Å². The standard InChI is InChI=1S/C24H30F3N3O5/c1-23(2,3)35-22(33)28-12-15(11-25)14-34-18-4-5-19-16(8-18)6-7-30(21(19)32)13-20(31)29-17-9-24(26,27)10-17/h4-5,8,11,17H,6-7,9-10,12-14H2,1-3H3,(H,28,33)(H,29,31)/b15-11+. The molecule has 1 heterocycles. The van der Waals surface area contributed by atoms with Crippen LogP contribution in [0.2, 0.25) is 0 Å². The van der Waals surface area contributed by atoms with E-state index in [2.05, 4.69) is 10.6 Å². The van der Waals surface area contributed by atoms with Gasteiger partial charge < -0.3 is 25.0 Å². The summed E-state index contributed by atoms with van der Waals surface area (Å²) in [5.41, 5.74) is 0.653.